The largest absolute Gasteiger partial charge is 0.461 e. The Balaban J connectivity index is 1.41. The number of carbonyl (C=O) groups is 1. The monoisotopic (exact) mass is 369 g/mol. The SMILES string of the molecule is CCn1cc(CN2CCCN(C(=O)c3ncoc3-c3ccco3)CC2)cn1. The van der Waals surface area contributed by atoms with Crippen LogP contribution in [0.15, 0.2) is 46.0 Å². The van der Waals surface area contributed by atoms with Crippen molar-refractivity contribution >= 4 is 5.91 Å². The minimum absolute atomic E-state index is 0.115. The molecule has 0 atom stereocenters. The molecule has 1 aliphatic rings. The van der Waals surface area contributed by atoms with Crippen LogP contribution in [-0.2, 0) is 13.1 Å². The summed E-state index contributed by atoms with van der Waals surface area (Å²) in [6, 6.07) is 3.52. The molecule has 1 aliphatic heterocycles. The fourth-order valence-electron chi connectivity index (χ4n) is 3.38. The lowest BCUT2D eigenvalue weighted by Crippen LogP contribution is -2.35. The van der Waals surface area contributed by atoms with Gasteiger partial charge in [0.1, 0.15) is 0 Å². The van der Waals surface area contributed by atoms with Gasteiger partial charge < -0.3 is 13.7 Å². The van der Waals surface area contributed by atoms with Gasteiger partial charge in [-0.05, 0) is 25.5 Å². The Hall–Kier alpha value is -2.87. The van der Waals surface area contributed by atoms with Gasteiger partial charge >= 0.3 is 0 Å². The minimum Gasteiger partial charge on any atom is -0.461 e. The van der Waals surface area contributed by atoms with Crippen LogP contribution >= 0.6 is 0 Å². The van der Waals surface area contributed by atoms with E-state index < -0.39 is 0 Å². The zero-order valence-corrected chi connectivity index (χ0v) is 15.4. The lowest BCUT2D eigenvalue weighted by atomic mass is 10.2. The maximum absolute atomic E-state index is 13.0. The second-order valence-corrected chi connectivity index (χ2v) is 6.63. The van der Waals surface area contributed by atoms with Gasteiger partial charge in [0.05, 0.1) is 12.5 Å². The summed E-state index contributed by atoms with van der Waals surface area (Å²) < 4.78 is 12.7. The zero-order valence-electron chi connectivity index (χ0n) is 15.4. The molecule has 0 spiro atoms. The van der Waals surface area contributed by atoms with E-state index in [9.17, 15) is 4.79 Å². The highest BCUT2D eigenvalue weighted by atomic mass is 16.4. The molecule has 8 heteroatoms. The van der Waals surface area contributed by atoms with Gasteiger partial charge in [-0.1, -0.05) is 0 Å². The second-order valence-electron chi connectivity index (χ2n) is 6.63. The number of rotatable bonds is 5. The molecular formula is C19H23N5O3. The van der Waals surface area contributed by atoms with Crippen LogP contribution in [0, 0.1) is 0 Å². The van der Waals surface area contributed by atoms with Crippen molar-refractivity contribution in [3.8, 4) is 11.5 Å². The van der Waals surface area contributed by atoms with Gasteiger partial charge in [-0.15, -0.1) is 0 Å². The Morgan fingerprint density at radius 2 is 2.15 bits per heavy atom. The van der Waals surface area contributed by atoms with Crippen LogP contribution in [0.4, 0.5) is 0 Å². The smallest absolute Gasteiger partial charge is 0.276 e. The first-order chi connectivity index (χ1) is 13.2. The van der Waals surface area contributed by atoms with E-state index >= 15 is 0 Å². The molecule has 8 nitrogen and oxygen atoms in total. The number of amides is 1. The van der Waals surface area contributed by atoms with Gasteiger partial charge in [0, 0.05) is 51.0 Å². The summed E-state index contributed by atoms with van der Waals surface area (Å²) in [5.41, 5.74) is 1.51. The van der Waals surface area contributed by atoms with Gasteiger partial charge in [-0.2, -0.15) is 5.10 Å². The Bertz CT molecular complexity index is 883. The van der Waals surface area contributed by atoms with E-state index in [2.05, 4.69) is 28.1 Å². The molecule has 0 aliphatic carbocycles. The highest BCUT2D eigenvalue weighted by molar-refractivity contribution is 5.97. The number of nitrogens with zero attached hydrogens (tertiary/aromatic N) is 5. The molecule has 1 fully saturated rings. The summed E-state index contributed by atoms with van der Waals surface area (Å²) >= 11 is 0. The van der Waals surface area contributed by atoms with Crippen LogP contribution in [0.3, 0.4) is 0 Å². The molecule has 27 heavy (non-hydrogen) atoms. The van der Waals surface area contributed by atoms with E-state index in [1.807, 2.05) is 15.8 Å². The van der Waals surface area contributed by atoms with Crippen molar-refractivity contribution in [2.75, 3.05) is 26.2 Å². The molecule has 3 aromatic rings. The highest BCUT2D eigenvalue weighted by Crippen LogP contribution is 2.25. The number of carbonyl (C=O) groups excluding carboxylic acids is 1. The van der Waals surface area contributed by atoms with Crippen LogP contribution in [0.2, 0.25) is 0 Å². The van der Waals surface area contributed by atoms with E-state index in [-0.39, 0.29) is 5.91 Å². The van der Waals surface area contributed by atoms with Crippen LogP contribution in [-0.4, -0.2) is 56.7 Å². The third-order valence-corrected chi connectivity index (χ3v) is 4.81. The Morgan fingerprint density at radius 1 is 1.22 bits per heavy atom. The van der Waals surface area contributed by atoms with Crippen molar-refractivity contribution in [1.29, 1.82) is 0 Å². The standard InChI is InChI=1S/C19H23N5O3/c1-2-24-13-15(11-21-24)12-22-6-4-7-23(9-8-22)19(25)17-18(27-14-20-17)16-5-3-10-26-16/h3,5,10-11,13-14H,2,4,6-9,12H2,1H3. The molecule has 0 N–H and O–H groups in total. The molecule has 3 aromatic heterocycles. The zero-order chi connectivity index (χ0) is 18.6. The average molecular weight is 369 g/mol. The fourth-order valence-corrected chi connectivity index (χ4v) is 3.38. The number of oxazole rings is 1. The van der Waals surface area contributed by atoms with Gasteiger partial charge in [0.15, 0.2) is 17.8 Å². The molecule has 0 radical (unpaired) electrons. The van der Waals surface area contributed by atoms with Crippen molar-refractivity contribution in [1.82, 2.24) is 24.6 Å². The molecule has 0 aromatic carbocycles. The van der Waals surface area contributed by atoms with E-state index in [1.54, 1.807) is 18.4 Å². The quantitative estimate of drug-likeness (QED) is 0.687. The maximum atomic E-state index is 13.0. The number of aryl methyl sites for hydroxylation is 1. The molecule has 1 amide bonds. The minimum atomic E-state index is -0.115. The number of hydrogen-bond donors (Lipinski definition) is 0. The number of aromatic nitrogens is 3. The van der Waals surface area contributed by atoms with Crippen molar-refractivity contribution in [3.63, 3.8) is 0 Å². The van der Waals surface area contributed by atoms with Crippen molar-refractivity contribution < 1.29 is 13.6 Å². The number of furan rings is 1. The maximum Gasteiger partial charge on any atom is 0.276 e. The summed E-state index contributed by atoms with van der Waals surface area (Å²) in [5, 5.41) is 4.33. The third kappa shape index (κ3) is 3.80. The normalized spacial score (nSPS) is 15.8. The molecule has 0 saturated carbocycles. The van der Waals surface area contributed by atoms with E-state index in [1.165, 1.54) is 12.0 Å². The molecule has 142 valence electrons. The number of hydrogen-bond acceptors (Lipinski definition) is 6. The van der Waals surface area contributed by atoms with Crippen LogP contribution in [0.1, 0.15) is 29.4 Å². The summed E-state index contributed by atoms with van der Waals surface area (Å²) in [6.07, 6.45) is 7.76. The Morgan fingerprint density at radius 3 is 2.93 bits per heavy atom. The van der Waals surface area contributed by atoms with Gasteiger partial charge in [0.25, 0.3) is 5.91 Å². The van der Waals surface area contributed by atoms with Crippen molar-refractivity contribution in [3.05, 3.63) is 48.4 Å². The Kier molecular flexibility index (Phi) is 5.06. The summed E-state index contributed by atoms with van der Waals surface area (Å²) in [7, 11) is 0. The predicted octanol–water partition coefficient (Wildman–Crippen LogP) is 2.50. The molecule has 4 rings (SSSR count). The van der Waals surface area contributed by atoms with E-state index in [0.717, 1.165) is 32.6 Å². The topological polar surface area (TPSA) is 80.5 Å². The van der Waals surface area contributed by atoms with E-state index in [4.69, 9.17) is 8.83 Å². The lowest BCUT2D eigenvalue weighted by molar-refractivity contribution is 0.0756. The summed E-state index contributed by atoms with van der Waals surface area (Å²) in [4.78, 5) is 21.3. The highest BCUT2D eigenvalue weighted by Gasteiger charge is 2.26. The van der Waals surface area contributed by atoms with E-state index in [0.29, 0.717) is 30.3 Å². The second kappa shape index (κ2) is 7.79. The molecular weight excluding hydrogens is 346 g/mol. The predicted molar refractivity (Wildman–Crippen MR) is 97.9 cm³/mol. The van der Waals surface area contributed by atoms with Gasteiger partial charge in [0.2, 0.25) is 5.76 Å². The lowest BCUT2D eigenvalue weighted by Gasteiger charge is -2.21. The molecule has 0 unspecified atom stereocenters. The van der Waals surface area contributed by atoms with Crippen LogP contribution in [0.25, 0.3) is 11.5 Å². The van der Waals surface area contributed by atoms with Crippen LogP contribution in [0.5, 0.6) is 0 Å². The van der Waals surface area contributed by atoms with Crippen LogP contribution < -0.4 is 0 Å². The van der Waals surface area contributed by atoms with Gasteiger partial charge in [-0.25, -0.2) is 4.98 Å². The van der Waals surface area contributed by atoms with Crippen molar-refractivity contribution in [2.24, 2.45) is 0 Å². The van der Waals surface area contributed by atoms with Gasteiger partial charge in [-0.3, -0.25) is 14.4 Å². The molecule has 4 heterocycles. The van der Waals surface area contributed by atoms with Crippen molar-refractivity contribution in [2.45, 2.75) is 26.4 Å². The first-order valence-corrected chi connectivity index (χ1v) is 9.25. The first-order valence-electron chi connectivity index (χ1n) is 9.25. The molecule has 0 bridgehead atoms. The summed E-state index contributed by atoms with van der Waals surface area (Å²) in [6.45, 7) is 6.93. The third-order valence-electron chi connectivity index (χ3n) is 4.81. The average Bonchev–Trinajstić information content (AvgIpc) is 3.41. The molecule has 1 saturated heterocycles. The fraction of sp³-hybridized carbons (Fsp3) is 0.421. The Labute approximate surface area is 157 Å². The first kappa shape index (κ1) is 17.5. The summed E-state index contributed by atoms with van der Waals surface area (Å²) in [5.74, 6) is 0.786.